The smallest absolute Gasteiger partial charge is 0.411 e. The second kappa shape index (κ2) is 6.40. The molecule has 3 heterocycles. The van der Waals surface area contributed by atoms with E-state index in [9.17, 15) is 9.59 Å². The molecule has 2 unspecified atom stereocenters. The van der Waals surface area contributed by atoms with E-state index in [0.717, 1.165) is 25.0 Å². The van der Waals surface area contributed by atoms with Crippen LogP contribution in [0.15, 0.2) is 34.7 Å². The number of hydrogen-bond donors (Lipinski definition) is 0. The molecule has 1 aromatic heterocycles. The van der Waals surface area contributed by atoms with Crippen LogP contribution in [0.2, 0.25) is 0 Å². The Hall–Kier alpha value is -2.76. The van der Waals surface area contributed by atoms with Crippen LogP contribution in [-0.2, 0) is 11.2 Å². The number of carbonyl (C=O) groups is 2. The van der Waals surface area contributed by atoms with Gasteiger partial charge >= 0.3 is 6.09 Å². The van der Waals surface area contributed by atoms with E-state index >= 15 is 0 Å². The van der Waals surface area contributed by atoms with Gasteiger partial charge in [-0.2, -0.15) is 0 Å². The Labute approximate surface area is 164 Å². The zero-order valence-corrected chi connectivity index (χ0v) is 16.2. The number of nitrogens with zero attached hydrogens (tertiary/aromatic N) is 2. The molecule has 0 radical (unpaired) electrons. The number of benzene rings is 1. The Balaban J connectivity index is 1.31. The van der Waals surface area contributed by atoms with Crippen molar-refractivity contribution in [1.82, 2.24) is 9.80 Å². The van der Waals surface area contributed by atoms with Crippen molar-refractivity contribution in [3.05, 3.63) is 58.5 Å². The number of likely N-dealkylation sites (tertiary alicyclic amines) is 1. The first kappa shape index (κ1) is 17.3. The second-order valence-electron chi connectivity index (χ2n) is 8.03. The Morgan fingerprint density at radius 3 is 2.61 bits per heavy atom. The van der Waals surface area contributed by atoms with E-state index in [2.05, 4.69) is 12.1 Å². The number of carbonyl (C=O) groups excluding carboxylic acids is 2. The summed E-state index contributed by atoms with van der Waals surface area (Å²) in [5.41, 5.74) is 3.12. The molecule has 146 valence electrons. The van der Waals surface area contributed by atoms with Crippen molar-refractivity contribution in [2.45, 2.75) is 51.3 Å². The minimum Gasteiger partial charge on any atom is -0.466 e. The lowest BCUT2D eigenvalue weighted by atomic mass is 9.98. The number of fused-ring (bicyclic) bond motifs is 3. The van der Waals surface area contributed by atoms with Gasteiger partial charge in [0.2, 0.25) is 0 Å². The first-order valence-corrected chi connectivity index (χ1v) is 9.96. The molecule has 0 saturated carbocycles. The molecule has 1 aliphatic carbocycles. The summed E-state index contributed by atoms with van der Waals surface area (Å²) in [7, 11) is 0. The maximum Gasteiger partial charge on any atom is 0.411 e. The highest BCUT2D eigenvalue weighted by molar-refractivity contribution is 5.95. The van der Waals surface area contributed by atoms with Crippen LogP contribution in [0.25, 0.3) is 0 Å². The first-order chi connectivity index (χ1) is 13.5. The molecule has 5 rings (SSSR count). The molecule has 0 spiro atoms. The lowest BCUT2D eigenvalue weighted by Crippen LogP contribution is -2.47. The minimum atomic E-state index is -0.212. The van der Waals surface area contributed by atoms with Crippen LogP contribution < -0.4 is 0 Å². The predicted octanol–water partition coefficient (Wildman–Crippen LogP) is 3.62. The standard InChI is InChI=1S/C22H24N2O4/c1-13-11-18(14(2)27-13)21(25)23-9-7-16(8-10-23)24-20-17-6-4-3-5-15(17)12-19(20)28-22(24)26/h3-6,11,16,19-20H,7-10,12H2,1-2H3. The molecule has 6 nitrogen and oxygen atoms in total. The van der Waals surface area contributed by atoms with E-state index in [1.807, 2.05) is 41.8 Å². The third kappa shape index (κ3) is 2.62. The second-order valence-corrected chi connectivity index (χ2v) is 8.03. The molecule has 6 heteroatoms. The largest absolute Gasteiger partial charge is 0.466 e. The number of hydrogen-bond acceptors (Lipinski definition) is 4. The van der Waals surface area contributed by atoms with Gasteiger partial charge in [0, 0.05) is 25.6 Å². The van der Waals surface area contributed by atoms with E-state index in [-0.39, 0.29) is 30.2 Å². The Bertz CT molecular complexity index is 942. The third-order valence-corrected chi connectivity index (χ3v) is 6.33. The van der Waals surface area contributed by atoms with Crippen LogP contribution in [0.1, 0.15) is 51.9 Å². The molecule has 2 aromatic rings. The van der Waals surface area contributed by atoms with Gasteiger partial charge in [0.1, 0.15) is 17.6 Å². The van der Waals surface area contributed by atoms with Crippen molar-refractivity contribution in [1.29, 1.82) is 0 Å². The number of furan rings is 1. The van der Waals surface area contributed by atoms with Gasteiger partial charge in [-0.1, -0.05) is 24.3 Å². The van der Waals surface area contributed by atoms with E-state index in [1.54, 1.807) is 0 Å². The molecule has 1 aromatic carbocycles. The molecule has 2 fully saturated rings. The van der Waals surface area contributed by atoms with E-state index in [4.69, 9.17) is 9.15 Å². The average Bonchev–Trinajstić information content (AvgIpc) is 3.31. The topological polar surface area (TPSA) is 63.0 Å². The average molecular weight is 380 g/mol. The number of ether oxygens (including phenoxy) is 1. The summed E-state index contributed by atoms with van der Waals surface area (Å²) in [5.74, 6) is 1.43. The first-order valence-electron chi connectivity index (χ1n) is 9.96. The maximum atomic E-state index is 12.8. The molecule has 0 bridgehead atoms. The summed E-state index contributed by atoms with van der Waals surface area (Å²) in [6.07, 6.45) is 2.03. The summed E-state index contributed by atoms with van der Waals surface area (Å²) in [6, 6.07) is 10.2. The summed E-state index contributed by atoms with van der Waals surface area (Å²) in [5, 5.41) is 0. The van der Waals surface area contributed by atoms with Crippen LogP contribution >= 0.6 is 0 Å². The molecular formula is C22H24N2O4. The monoisotopic (exact) mass is 380 g/mol. The molecule has 2 saturated heterocycles. The van der Waals surface area contributed by atoms with Crippen LogP contribution in [0.5, 0.6) is 0 Å². The van der Waals surface area contributed by atoms with Gasteiger partial charge in [0.25, 0.3) is 5.91 Å². The van der Waals surface area contributed by atoms with Gasteiger partial charge in [-0.25, -0.2) is 4.79 Å². The summed E-state index contributed by atoms with van der Waals surface area (Å²) in [4.78, 5) is 29.2. The maximum absolute atomic E-state index is 12.8. The molecule has 2 amide bonds. The fraction of sp³-hybridized carbons (Fsp3) is 0.455. The normalized spacial score (nSPS) is 24.3. The highest BCUT2D eigenvalue weighted by Crippen LogP contribution is 2.44. The molecule has 28 heavy (non-hydrogen) atoms. The fourth-order valence-corrected chi connectivity index (χ4v) is 5.01. The highest BCUT2D eigenvalue weighted by Gasteiger charge is 2.50. The Morgan fingerprint density at radius 2 is 1.89 bits per heavy atom. The molecule has 3 aliphatic rings. The Kier molecular flexibility index (Phi) is 3.96. The van der Waals surface area contributed by atoms with Crippen LogP contribution in [-0.4, -0.2) is 47.0 Å². The zero-order valence-electron chi connectivity index (χ0n) is 16.2. The van der Waals surface area contributed by atoms with E-state index < -0.39 is 0 Å². The third-order valence-electron chi connectivity index (χ3n) is 6.33. The van der Waals surface area contributed by atoms with Crippen molar-refractivity contribution in [3.8, 4) is 0 Å². The number of rotatable bonds is 2. The molecule has 0 N–H and O–H groups in total. The zero-order chi connectivity index (χ0) is 19.4. The van der Waals surface area contributed by atoms with Gasteiger partial charge in [-0.05, 0) is 43.9 Å². The lowest BCUT2D eigenvalue weighted by Gasteiger charge is -2.37. The van der Waals surface area contributed by atoms with Gasteiger partial charge in [-0.15, -0.1) is 0 Å². The van der Waals surface area contributed by atoms with Crippen molar-refractivity contribution in [2.75, 3.05) is 13.1 Å². The van der Waals surface area contributed by atoms with Crippen molar-refractivity contribution in [2.24, 2.45) is 0 Å². The quantitative estimate of drug-likeness (QED) is 0.798. The van der Waals surface area contributed by atoms with E-state index in [1.165, 1.54) is 11.1 Å². The number of amides is 2. The van der Waals surface area contributed by atoms with Crippen molar-refractivity contribution >= 4 is 12.0 Å². The highest BCUT2D eigenvalue weighted by atomic mass is 16.6. The van der Waals surface area contributed by atoms with Gasteiger partial charge in [0.05, 0.1) is 11.6 Å². The summed E-state index contributed by atoms with van der Waals surface area (Å²) < 4.78 is 11.2. The number of piperidine rings is 1. The summed E-state index contributed by atoms with van der Waals surface area (Å²) >= 11 is 0. The lowest BCUT2D eigenvalue weighted by molar-refractivity contribution is 0.0634. The van der Waals surface area contributed by atoms with Gasteiger partial charge in [-0.3, -0.25) is 9.69 Å². The van der Waals surface area contributed by atoms with E-state index in [0.29, 0.717) is 24.4 Å². The van der Waals surface area contributed by atoms with Crippen LogP contribution in [0.4, 0.5) is 4.79 Å². The van der Waals surface area contributed by atoms with Gasteiger partial charge in [0.15, 0.2) is 0 Å². The van der Waals surface area contributed by atoms with Crippen molar-refractivity contribution < 1.29 is 18.7 Å². The van der Waals surface area contributed by atoms with Crippen LogP contribution in [0, 0.1) is 13.8 Å². The Morgan fingerprint density at radius 1 is 1.14 bits per heavy atom. The van der Waals surface area contributed by atoms with Crippen molar-refractivity contribution in [3.63, 3.8) is 0 Å². The minimum absolute atomic E-state index is 0.00900. The molecular weight excluding hydrogens is 356 g/mol. The molecule has 2 atom stereocenters. The summed E-state index contributed by atoms with van der Waals surface area (Å²) in [6.45, 7) is 4.95. The molecule has 2 aliphatic heterocycles. The predicted molar refractivity (Wildman–Crippen MR) is 102 cm³/mol. The fourth-order valence-electron chi connectivity index (χ4n) is 5.01. The number of aryl methyl sites for hydroxylation is 2. The van der Waals surface area contributed by atoms with Crippen LogP contribution in [0.3, 0.4) is 0 Å². The van der Waals surface area contributed by atoms with Gasteiger partial charge < -0.3 is 14.1 Å². The SMILES string of the molecule is Cc1cc(C(=O)N2CCC(N3C(=O)OC4Cc5ccccc5C43)CC2)c(C)o1.